The van der Waals surface area contributed by atoms with E-state index in [0.29, 0.717) is 0 Å². The lowest BCUT2D eigenvalue weighted by Crippen LogP contribution is -2.22. The lowest BCUT2D eigenvalue weighted by atomic mass is 10.4. The lowest BCUT2D eigenvalue weighted by molar-refractivity contribution is -0.156. The molecular weight excluding hydrogens is 204 g/mol. The van der Waals surface area contributed by atoms with E-state index < -0.39 is 30.4 Å². The predicted octanol–water partition coefficient (Wildman–Crippen LogP) is -0.874. The van der Waals surface area contributed by atoms with Crippen LogP contribution in [-0.2, 0) is 19.1 Å². The summed E-state index contributed by atoms with van der Waals surface area (Å²) < 4.78 is 8.80. The molecule has 0 aromatic rings. The van der Waals surface area contributed by atoms with Crippen molar-refractivity contribution < 1.29 is 29.3 Å². The Kier molecular flexibility index (Phi) is 6.00. The molecule has 0 aromatic carbocycles. The van der Waals surface area contributed by atoms with E-state index in [-0.39, 0.29) is 6.61 Å². The van der Waals surface area contributed by atoms with Crippen molar-refractivity contribution in [2.24, 2.45) is 0 Å². The highest BCUT2D eigenvalue weighted by atomic mass is 16.6. The zero-order valence-electron chi connectivity index (χ0n) is 8.01. The summed E-state index contributed by atoms with van der Waals surface area (Å²) >= 11 is 0. The van der Waals surface area contributed by atoms with E-state index in [1.807, 2.05) is 0 Å². The quantitative estimate of drug-likeness (QED) is 0.259. The molecule has 0 fully saturated rings. The maximum atomic E-state index is 11.0. The number of esters is 2. The molecule has 6 nitrogen and oxygen atoms in total. The van der Waals surface area contributed by atoms with Crippen LogP contribution in [0.25, 0.3) is 0 Å². The van der Waals surface area contributed by atoms with Crippen molar-refractivity contribution in [3.63, 3.8) is 0 Å². The highest BCUT2D eigenvalue weighted by Gasteiger charge is 2.14. The van der Waals surface area contributed by atoms with Crippen LogP contribution < -0.4 is 0 Å². The Morgan fingerprint density at radius 1 is 1.47 bits per heavy atom. The zero-order valence-corrected chi connectivity index (χ0v) is 8.01. The summed E-state index contributed by atoms with van der Waals surface area (Å²) in [5.74, 6) is -2.42. The monoisotopic (exact) mass is 216 g/mol. The van der Waals surface area contributed by atoms with Crippen LogP contribution in [0, 0.1) is 0 Å². The van der Waals surface area contributed by atoms with Gasteiger partial charge in [-0.25, -0.2) is 9.59 Å². The molecule has 0 aliphatic carbocycles. The molecule has 1 atom stereocenters. The molecule has 0 rings (SSSR count). The molecule has 0 amide bonds. The van der Waals surface area contributed by atoms with E-state index in [4.69, 9.17) is 10.2 Å². The normalized spacial score (nSPS) is 11.3. The summed E-state index contributed by atoms with van der Waals surface area (Å²) in [5.41, 5.74) is 0. The summed E-state index contributed by atoms with van der Waals surface area (Å²) in [7, 11) is 0. The number of aliphatic hydroxyl groups is 2. The predicted molar refractivity (Wildman–Crippen MR) is 49.5 cm³/mol. The number of rotatable bonds is 6. The van der Waals surface area contributed by atoms with Crippen LogP contribution in [0.2, 0.25) is 0 Å². The molecule has 15 heavy (non-hydrogen) atoms. The largest absolute Gasteiger partial charge is 0.484 e. The van der Waals surface area contributed by atoms with Crippen LogP contribution in [0.3, 0.4) is 0 Å². The molecule has 0 radical (unpaired) electrons. The first-order chi connectivity index (χ1) is 7.01. The van der Waals surface area contributed by atoms with Crippen LogP contribution in [0.5, 0.6) is 0 Å². The van der Waals surface area contributed by atoms with Crippen molar-refractivity contribution in [2.45, 2.75) is 6.10 Å². The van der Waals surface area contributed by atoms with E-state index in [9.17, 15) is 9.59 Å². The molecule has 0 heterocycles. The second-order valence-electron chi connectivity index (χ2n) is 2.48. The number of carbonyl (C=O) groups excluding carboxylic acids is 2. The summed E-state index contributed by atoms with van der Waals surface area (Å²) in [6.45, 7) is 5.44. The number of hydrogen-bond donors (Lipinski definition) is 2. The molecule has 84 valence electrons. The van der Waals surface area contributed by atoms with Gasteiger partial charge in [-0.05, 0) is 6.58 Å². The third-order valence-corrected chi connectivity index (χ3v) is 1.25. The Labute approximate surface area is 86.4 Å². The Bertz CT molecular complexity index is 270. The summed E-state index contributed by atoms with van der Waals surface area (Å²) in [6.07, 6.45) is -0.307. The Balaban J connectivity index is 3.95. The summed E-state index contributed by atoms with van der Waals surface area (Å²) in [6, 6.07) is 0. The van der Waals surface area contributed by atoms with E-state index >= 15 is 0 Å². The molecule has 0 saturated heterocycles. The first kappa shape index (κ1) is 13.3. The molecule has 2 N–H and O–H groups in total. The van der Waals surface area contributed by atoms with Crippen molar-refractivity contribution in [2.75, 3.05) is 13.2 Å². The van der Waals surface area contributed by atoms with Gasteiger partial charge in [0.05, 0.1) is 6.61 Å². The first-order valence-electron chi connectivity index (χ1n) is 4.00. The fraction of sp³-hybridized carbons (Fsp3) is 0.333. The third-order valence-electron chi connectivity index (χ3n) is 1.25. The molecule has 0 spiro atoms. The fourth-order valence-corrected chi connectivity index (χ4v) is 0.498. The van der Waals surface area contributed by atoms with Gasteiger partial charge in [-0.1, -0.05) is 6.58 Å². The molecule has 0 aromatic heterocycles. The minimum Gasteiger partial charge on any atom is -0.484 e. The average Bonchev–Trinajstić information content (AvgIpc) is 2.24. The van der Waals surface area contributed by atoms with E-state index in [1.54, 1.807) is 0 Å². The van der Waals surface area contributed by atoms with Crippen molar-refractivity contribution in [3.8, 4) is 0 Å². The van der Waals surface area contributed by atoms with Gasteiger partial charge in [-0.15, -0.1) is 0 Å². The van der Waals surface area contributed by atoms with Crippen LogP contribution in [-0.4, -0.2) is 41.5 Å². The van der Waals surface area contributed by atoms with Crippen LogP contribution in [0.15, 0.2) is 25.0 Å². The molecule has 1 unspecified atom stereocenters. The smallest absolute Gasteiger partial charge is 0.380 e. The first-order valence-corrected chi connectivity index (χ1v) is 4.00. The fourth-order valence-electron chi connectivity index (χ4n) is 0.498. The SMILES string of the molecule is C=CC(=O)OC(=O)C(=C)OCC(O)CO. The van der Waals surface area contributed by atoms with Gasteiger partial charge in [0.1, 0.15) is 12.7 Å². The Morgan fingerprint density at radius 3 is 2.53 bits per heavy atom. The van der Waals surface area contributed by atoms with Gasteiger partial charge in [-0.3, -0.25) is 0 Å². The second-order valence-corrected chi connectivity index (χ2v) is 2.48. The highest BCUT2D eigenvalue weighted by Crippen LogP contribution is 1.99. The maximum absolute atomic E-state index is 11.0. The van der Waals surface area contributed by atoms with E-state index in [0.717, 1.165) is 6.08 Å². The van der Waals surface area contributed by atoms with Crippen LogP contribution in [0.4, 0.5) is 0 Å². The minimum absolute atomic E-state index is 0.313. The molecule has 0 aliphatic heterocycles. The van der Waals surface area contributed by atoms with Gasteiger partial charge < -0.3 is 19.7 Å². The zero-order chi connectivity index (χ0) is 11.8. The average molecular weight is 216 g/mol. The van der Waals surface area contributed by atoms with E-state index in [2.05, 4.69) is 22.6 Å². The van der Waals surface area contributed by atoms with Gasteiger partial charge in [0.25, 0.3) is 0 Å². The molecule has 0 bridgehead atoms. The molecule has 6 heteroatoms. The van der Waals surface area contributed by atoms with Crippen LogP contribution >= 0.6 is 0 Å². The van der Waals surface area contributed by atoms with Crippen molar-refractivity contribution in [1.82, 2.24) is 0 Å². The molecule has 0 saturated carbocycles. The number of hydrogen-bond acceptors (Lipinski definition) is 6. The maximum Gasteiger partial charge on any atom is 0.380 e. The summed E-state index contributed by atoms with van der Waals surface area (Å²) in [4.78, 5) is 21.5. The molecular formula is C9H12O6. The topological polar surface area (TPSA) is 93.1 Å². The number of aliphatic hydroxyl groups excluding tert-OH is 2. The van der Waals surface area contributed by atoms with Crippen molar-refractivity contribution in [1.29, 1.82) is 0 Å². The second kappa shape index (κ2) is 6.74. The van der Waals surface area contributed by atoms with E-state index in [1.165, 1.54) is 0 Å². The van der Waals surface area contributed by atoms with Crippen molar-refractivity contribution in [3.05, 3.63) is 25.0 Å². The van der Waals surface area contributed by atoms with Crippen molar-refractivity contribution >= 4 is 11.9 Å². The number of carbonyl (C=O) groups is 2. The summed E-state index contributed by atoms with van der Waals surface area (Å²) in [5, 5.41) is 17.3. The lowest BCUT2D eigenvalue weighted by Gasteiger charge is -2.10. The van der Waals surface area contributed by atoms with Crippen LogP contribution in [0.1, 0.15) is 0 Å². The highest BCUT2D eigenvalue weighted by molar-refractivity contribution is 5.97. The van der Waals surface area contributed by atoms with Gasteiger partial charge in [-0.2, -0.15) is 0 Å². The van der Waals surface area contributed by atoms with Gasteiger partial charge >= 0.3 is 11.9 Å². The Hall–Kier alpha value is -1.66. The van der Waals surface area contributed by atoms with Gasteiger partial charge in [0.2, 0.25) is 0 Å². The minimum atomic E-state index is -1.12. The Morgan fingerprint density at radius 2 is 2.07 bits per heavy atom. The van der Waals surface area contributed by atoms with Gasteiger partial charge in [0, 0.05) is 6.08 Å². The number of ether oxygens (including phenoxy) is 2. The molecule has 0 aliphatic rings. The third kappa shape index (κ3) is 5.61. The standard InChI is InChI=1S/C9H12O6/c1-3-8(12)15-9(13)6(2)14-5-7(11)4-10/h3,7,10-11H,1-2,4-5H2. The van der Waals surface area contributed by atoms with Gasteiger partial charge in [0.15, 0.2) is 5.76 Å².